The fraction of sp³-hybridized carbons (Fsp3) is 0.0455. The first-order valence-electron chi connectivity index (χ1n) is 8.28. The molecule has 2 aromatic heterocycles. The predicted molar refractivity (Wildman–Crippen MR) is 103 cm³/mol. The molecule has 0 bridgehead atoms. The number of rotatable bonds is 2. The maximum absolute atomic E-state index is 5.52. The average molecular weight is 324 g/mol. The van der Waals surface area contributed by atoms with Crippen LogP contribution in [0.5, 0.6) is 5.75 Å². The number of nitrogens with zero attached hydrogens (tertiary/aromatic N) is 1. The van der Waals surface area contributed by atoms with Crippen molar-refractivity contribution in [3.05, 3.63) is 72.9 Å². The molecule has 0 aliphatic heterocycles. The monoisotopic (exact) mass is 324 g/mol. The quantitative estimate of drug-likeness (QED) is 0.462. The Balaban J connectivity index is 1.91. The van der Waals surface area contributed by atoms with Crippen LogP contribution in [-0.2, 0) is 0 Å². The highest BCUT2D eigenvalue weighted by Crippen LogP contribution is 2.37. The molecule has 0 unspecified atom stereocenters. The van der Waals surface area contributed by atoms with E-state index >= 15 is 0 Å². The minimum atomic E-state index is 0.845. The van der Waals surface area contributed by atoms with Crippen LogP contribution in [0, 0.1) is 0 Å². The summed E-state index contributed by atoms with van der Waals surface area (Å²) in [6, 6.07) is 22.9. The van der Waals surface area contributed by atoms with E-state index in [1.807, 2.05) is 18.3 Å². The van der Waals surface area contributed by atoms with E-state index in [4.69, 9.17) is 9.72 Å². The maximum Gasteiger partial charge on any atom is 0.142 e. The Labute approximate surface area is 144 Å². The Hall–Kier alpha value is -3.33. The van der Waals surface area contributed by atoms with Crippen molar-refractivity contribution in [3.63, 3.8) is 0 Å². The van der Waals surface area contributed by atoms with Crippen molar-refractivity contribution in [2.45, 2.75) is 0 Å². The first-order valence-corrected chi connectivity index (χ1v) is 8.28. The molecule has 0 aliphatic carbocycles. The van der Waals surface area contributed by atoms with Gasteiger partial charge in [-0.15, -0.1) is 0 Å². The van der Waals surface area contributed by atoms with Gasteiger partial charge in [-0.2, -0.15) is 0 Å². The van der Waals surface area contributed by atoms with Gasteiger partial charge in [-0.25, -0.2) is 0 Å². The molecular formula is C22H16N2O. The summed E-state index contributed by atoms with van der Waals surface area (Å²) in [5.74, 6) is 0.845. The summed E-state index contributed by atoms with van der Waals surface area (Å²) in [5.41, 5.74) is 4.15. The van der Waals surface area contributed by atoms with Gasteiger partial charge in [0.05, 0.1) is 23.8 Å². The number of nitrogens with one attached hydrogen (secondary N) is 1. The van der Waals surface area contributed by atoms with Crippen molar-refractivity contribution in [3.8, 4) is 17.0 Å². The molecule has 0 radical (unpaired) electrons. The highest BCUT2D eigenvalue weighted by atomic mass is 16.5. The van der Waals surface area contributed by atoms with Crippen LogP contribution in [-0.4, -0.2) is 17.1 Å². The minimum Gasteiger partial charge on any atom is -0.495 e. The number of ether oxygens (including phenoxy) is 1. The summed E-state index contributed by atoms with van der Waals surface area (Å²) in [7, 11) is 1.70. The van der Waals surface area contributed by atoms with Gasteiger partial charge in [0.2, 0.25) is 0 Å². The zero-order valence-electron chi connectivity index (χ0n) is 13.8. The number of para-hydroxylation sites is 1. The first-order chi connectivity index (χ1) is 12.4. The Bertz CT molecular complexity index is 1230. The molecule has 0 saturated heterocycles. The third kappa shape index (κ3) is 2.02. The molecule has 3 aromatic carbocycles. The molecule has 3 nitrogen and oxygen atoms in total. The van der Waals surface area contributed by atoms with E-state index in [0.717, 1.165) is 38.8 Å². The van der Waals surface area contributed by atoms with Crippen LogP contribution in [0.2, 0.25) is 0 Å². The van der Waals surface area contributed by atoms with E-state index in [2.05, 4.69) is 59.6 Å². The summed E-state index contributed by atoms with van der Waals surface area (Å²) in [6.07, 6.45) is 1.88. The molecule has 0 atom stereocenters. The molecule has 5 aromatic rings. The van der Waals surface area contributed by atoms with Gasteiger partial charge in [0.15, 0.2) is 0 Å². The number of hydrogen-bond acceptors (Lipinski definition) is 2. The number of benzene rings is 3. The van der Waals surface area contributed by atoms with E-state index in [1.165, 1.54) is 10.8 Å². The highest BCUT2D eigenvalue weighted by molar-refractivity contribution is 6.14. The molecular weight excluding hydrogens is 308 g/mol. The second-order valence-corrected chi connectivity index (χ2v) is 6.12. The first kappa shape index (κ1) is 14.1. The molecule has 0 amide bonds. The predicted octanol–water partition coefficient (Wildman–Crippen LogP) is 5.54. The molecule has 5 rings (SSSR count). The van der Waals surface area contributed by atoms with Crippen LogP contribution < -0.4 is 4.74 Å². The van der Waals surface area contributed by atoms with Gasteiger partial charge in [-0.1, -0.05) is 54.6 Å². The largest absolute Gasteiger partial charge is 0.495 e. The second kappa shape index (κ2) is 5.35. The van der Waals surface area contributed by atoms with E-state index < -0.39 is 0 Å². The fourth-order valence-electron chi connectivity index (χ4n) is 3.63. The number of pyridine rings is 1. The van der Waals surface area contributed by atoms with Gasteiger partial charge in [-0.05, 0) is 22.9 Å². The smallest absolute Gasteiger partial charge is 0.142 e. The Morgan fingerprint density at radius 3 is 2.44 bits per heavy atom. The van der Waals surface area contributed by atoms with Crippen molar-refractivity contribution in [2.24, 2.45) is 0 Å². The highest BCUT2D eigenvalue weighted by Gasteiger charge is 2.14. The molecule has 1 N–H and O–H groups in total. The molecule has 0 aliphatic rings. The summed E-state index contributed by atoms with van der Waals surface area (Å²) in [6.45, 7) is 0. The van der Waals surface area contributed by atoms with Crippen LogP contribution in [0.4, 0.5) is 0 Å². The molecule has 3 heteroatoms. The van der Waals surface area contributed by atoms with Crippen LogP contribution >= 0.6 is 0 Å². The van der Waals surface area contributed by atoms with Crippen molar-refractivity contribution in [1.29, 1.82) is 0 Å². The summed E-state index contributed by atoms with van der Waals surface area (Å²) < 4.78 is 5.52. The zero-order chi connectivity index (χ0) is 16.8. The van der Waals surface area contributed by atoms with Gasteiger partial charge in [0.1, 0.15) is 5.75 Å². The topological polar surface area (TPSA) is 37.9 Å². The van der Waals surface area contributed by atoms with Crippen molar-refractivity contribution >= 4 is 32.6 Å². The maximum atomic E-state index is 5.52. The van der Waals surface area contributed by atoms with E-state index in [0.29, 0.717) is 0 Å². The van der Waals surface area contributed by atoms with Gasteiger partial charge in [0.25, 0.3) is 0 Å². The second-order valence-electron chi connectivity index (χ2n) is 6.12. The third-order valence-electron chi connectivity index (χ3n) is 4.78. The van der Waals surface area contributed by atoms with Gasteiger partial charge < -0.3 is 9.72 Å². The van der Waals surface area contributed by atoms with Crippen LogP contribution in [0.25, 0.3) is 43.8 Å². The number of aromatic amines is 1. The summed E-state index contributed by atoms with van der Waals surface area (Å²) >= 11 is 0. The average Bonchev–Trinajstić information content (AvgIpc) is 3.06. The van der Waals surface area contributed by atoms with E-state index in [-0.39, 0.29) is 0 Å². The lowest BCUT2D eigenvalue weighted by atomic mass is 10.0. The summed E-state index contributed by atoms with van der Waals surface area (Å²) in [4.78, 5) is 8.25. The van der Waals surface area contributed by atoms with Crippen molar-refractivity contribution < 1.29 is 4.74 Å². The van der Waals surface area contributed by atoms with Gasteiger partial charge >= 0.3 is 0 Å². The lowest BCUT2D eigenvalue weighted by Crippen LogP contribution is -1.87. The zero-order valence-corrected chi connectivity index (χ0v) is 13.8. The number of H-pyrrole nitrogens is 1. The van der Waals surface area contributed by atoms with Crippen LogP contribution in [0.3, 0.4) is 0 Å². The Kier molecular flexibility index (Phi) is 3.01. The number of fused-ring (bicyclic) bond motifs is 4. The number of aromatic nitrogens is 2. The molecule has 0 fully saturated rings. The van der Waals surface area contributed by atoms with Gasteiger partial charge in [0, 0.05) is 22.5 Å². The lowest BCUT2D eigenvalue weighted by molar-refractivity contribution is 0.419. The normalized spacial score (nSPS) is 11.4. The van der Waals surface area contributed by atoms with Crippen LogP contribution in [0.1, 0.15) is 0 Å². The molecule has 2 heterocycles. The molecule has 0 spiro atoms. The van der Waals surface area contributed by atoms with Gasteiger partial charge in [-0.3, -0.25) is 4.98 Å². The van der Waals surface area contributed by atoms with Crippen molar-refractivity contribution in [2.75, 3.05) is 7.11 Å². The number of hydrogen-bond donors (Lipinski definition) is 1. The van der Waals surface area contributed by atoms with Crippen LogP contribution in [0.15, 0.2) is 72.9 Å². The van der Waals surface area contributed by atoms with Crippen molar-refractivity contribution in [1.82, 2.24) is 9.97 Å². The molecule has 25 heavy (non-hydrogen) atoms. The Morgan fingerprint density at radius 2 is 1.52 bits per heavy atom. The van der Waals surface area contributed by atoms with E-state index in [9.17, 15) is 0 Å². The standard InChI is InChI=1S/C22H16N2O/c1-25-19-11-5-10-17-18-12-13-23-21(22(18)24-20(17)19)16-9-4-7-14-6-2-3-8-15(14)16/h2-13,24H,1H3. The Morgan fingerprint density at radius 1 is 0.760 bits per heavy atom. The molecule has 120 valence electrons. The van der Waals surface area contributed by atoms with E-state index in [1.54, 1.807) is 7.11 Å². The summed E-state index contributed by atoms with van der Waals surface area (Å²) in [5, 5.41) is 4.73. The minimum absolute atomic E-state index is 0.845. The third-order valence-corrected chi connectivity index (χ3v) is 4.78. The lowest BCUT2D eigenvalue weighted by Gasteiger charge is -2.07. The number of methoxy groups -OCH3 is 1. The fourth-order valence-corrected chi connectivity index (χ4v) is 3.63. The molecule has 0 saturated carbocycles. The SMILES string of the molecule is COc1cccc2c1[nH]c1c(-c3cccc4ccccc34)nccc12.